The zero-order valence-electron chi connectivity index (χ0n) is 8.85. The Kier molecular flexibility index (Phi) is 2.19. The van der Waals surface area contributed by atoms with Crippen molar-refractivity contribution in [2.45, 2.75) is 18.3 Å². The van der Waals surface area contributed by atoms with Gasteiger partial charge in [-0.3, -0.25) is 4.79 Å². The molecule has 2 aliphatic heterocycles. The molecule has 1 aromatic carbocycles. The monoisotopic (exact) mass is 236 g/mol. The topological polar surface area (TPSA) is 41.1 Å². The van der Waals surface area contributed by atoms with Crippen molar-refractivity contribution >= 4 is 23.2 Å². The molecule has 0 saturated carbocycles. The van der Waals surface area contributed by atoms with Crippen molar-refractivity contribution in [1.29, 1.82) is 0 Å². The molecule has 0 bridgehead atoms. The third-order valence-corrected chi connectivity index (χ3v) is 3.87. The molecule has 0 radical (unpaired) electrons. The van der Waals surface area contributed by atoms with Gasteiger partial charge in [-0.15, -0.1) is 0 Å². The Balaban J connectivity index is 2.13. The van der Waals surface area contributed by atoms with Crippen LogP contribution in [0.4, 0.5) is 5.69 Å². The Hall–Kier alpha value is -1.06. The fraction of sp³-hybridized carbons (Fsp3) is 0.417. The molecule has 84 valence electrons. The molecule has 2 N–H and O–H groups in total. The highest BCUT2D eigenvalue weighted by atomic mass is 35.5. The summed E-state index contributed by atoms with van der Waals surface area (Å²) in [6.45, 7) is 1.78. The van der Waals surface area contributed by atoms with Crippen LogP contribution in [-0.2, 0) is 10.2 Å². The van der Waals surface area contributed by atoms with Gasteiger partial charge in [0.2, 0.25) is 5.91 Å². The number of hydrogen-bond acceptors (Lipinski definition) is 2. The van der Waals surface area contributed by atoms with E-state index in [1.807, 2.05) is 18.2 Å². The average Bonchev–Trinajstić information content (AvgIpc) is 2.55. The fourth-order valence-electron chi connectivity index (χ4n) is 2.74. The fourth-order valence-corrected chi connectivity index (χ4v) is 2.91. The number of piperidine rings is 1. The van der Waals surface area contributed by atoms with Crippen LogP contribution in [0.15, 0.2) is 18.2 Å². The number of benzene rings is 1. The van der Waals surface area contributed by atoms with Crippen LogP contribution in [0.5, 0.6) is 0 Å². The van der Waals surface area contributed by atoms with E-state index >= 15 is 0 Å². The van der Waals surface area contributed by atoms with Crippen molar-refractivity contribution in [2.75, 3.05) is 18.4 Å². The zero-order valence-corrected chi connectivity index (χ0v) is 9.60. The third kappa shape index (κ3) is 1.28. The van der Waals surface area contributed by atoms with E-state index in [9.17, 15) is 4.79 Å². The first-order chi connectivity index (χ1) is 7.72. The number of hydrogen-bond donors (Lipinski definition) is 2. The minimum Gasteiger partial charge on any atom is -0.325 e. The van der Waals surface area contributed by atoms with E-state index < -0.39 is 0 Å². The van der Waals surface area contributed by atoms with Gasteiger partial charge in [0, 0.05) is 10.7 Å². The summed E-state index contributed by atoms with van der Waals surface area (Å²) in [5.41, 5.74) is 1.66. The maximum atomic E-state index is 12.1. The quantitative estimate of drug-likeness (QED) is 0.723. The summed E-state index contributed by atoms with van der Waals surface area (Å²) in [5.74, 6) is 0.131. The van der Waals surface area contributed by atoms with Crippen molar-refractivity contribution < 1.29 is 4.79 Å². The Bertz CT molecular complexity index is 452. The van der Waals surface area contributed by atoms with E-state index in [0.29, 0.717) is 5.02 Å². The SMILES string of the molecule is O=C1Nc2ccc(Cl)cc2C12CCNCC2. The number of nitrogens with one attached hydrogen (secondary N) is 2. The van der Waals surface area contributed by atoms with E-state index in [2.05, 4.69) is 10.6 Å². The van der Waals surface area contributed by atoms with Crippen molar-refractivity contribution in [1.82, 2.24) is 5.32 Å². The lowest BCUT2D eigenvalue weighted by atomic mass is 9.74. The maximum absolute atomic E-state index is 12.1. The van der Waals surface area contributed by atoms with E-state index in [1.165, 1.54) is 0 Å². The normalized spacial score (nSPS) is 21.9. The molecule has 0 unspecified atom stereocenters. The summed E-state index contributed by atoms with van der Waals surface area (Å²) in [6.07, 6.45) is 1.71. The zero-order chi connectivity index (χ0) is 11.2. The minimum atomic E-state index is -0.342. The highest BCUT2D eigenvalue weighted by Crippen LogP contribution is 2.44. The van der Waals surface area contributed by atoms with Crippen molar-refractivity contribution in [2.24, 2.45) is 0 Å². The predicted octanol–water partition coefficient (Wildman–Crippen LogP) is 1.91. The molecule has 3 rings (SSSR count). The van der Waals surface area contributed by atoms with Crippen LogP contribution in [0.1, 0.15) is 18.4 Å². The number of fused-ring (bicyclic) bond motifs is 2. The molecule has 0 aromatic heterocycles. The van der Waals surface area contributed by atoms with E-state index in [-0.39, 0.29) is 11.3 Å². The van der Waals surface area contributed by atoms with Gasteiger partial charge in [-0.2, -0.15) is 0 Å². The molecule has 16 heavy (non-hydrogen) atoms. The second-order valence-corrected chi connectivity index (χ2v) is 4.91. The number of anilines is 1. The molecule has 2 aliphatic rings. The molecule has 3 nitrogen and oxygen atoms in total. The second-order valence-electron chi connectivity index (χ2n) is 4.48. The lowest BCUT2D eigenvalue weighted by Crippen LogP contribution is -2.44. The predicted molar refractivity (Wildman–Crippen MR) is 63.9 cm³/mol. The number of amides is 1. The smallest absolute Gasteiger partial charge is 0.235 e. The number of halogens is 1. The lowest BCUT2D eigenvalue weighted by Gasteiger charge is -2.32. The first-order valence-corrected chi connectivity index (χ1v) is 5.92. The van der Waals surface area contributed by atoms with Crippen LogP contribution in [0.3, 0.4) is 0 Å². The van der Waals surface area contributed by atoms with Crippen LogP contribution in [0.25, 0.3) is 0 Å². The third-order valence-electron chi connectivity index (χ3n) is 3.64. The van der Waals surface area contributed by atoms with Crippen molar-refractivity contribution in [3.63, 3.8) is 0 Å². The molecule has 0 aliphatic carbocycles. The average molecular weight is 237 g/mol. The van der Waals surface area contributed by atoms with Gasteiger partial charge in [0.05, 0.1) is 5.41 Å². The molecular formula is C12H13ClN2O. The van der Waals surface area contributed by atoms with Crippen LogP contribution in [-0.4, -0.2) is 19.0 Å². The van der Waals surface area contributed by atoms with E-state index in [0.717, 1.165) is 37.2 Å². The summed E-state index contributed by atoms with van der Waals surface area (Å²) in [6, 6.07) is 5.65. The van der Waals surface area contributed by atoms with Gasteiger partial charge >= 0.3 is 0 Å². The standard InChI is InChI=1S/C12H13ClN2O/c13-8-1-2-10-9(7-8)12(11(16)15-10)3-5-14-6-4-12/h1-2,7,14H,3-6H2,(H,15,16). The summed E-state index contributed by atoms with van der Waals surface area (Å²) < 4.78 is 0. The Morgan fingerprint density at radius 1 is 1.25 bits per heavy atom. The van der Waals surface area contributed by atoms with Crippen molar-refractivity contribution in [3.8, 4) is 0 Å². The highest BCUT2D eigenvalue weighted by Gasteiger charge is 2.47. The summed E-state index contributed by atoms with van der Waals surface area (Å²) in [5, 5.41) is 6.95. The molecule has 1 saturated heterocycles. The lowest BCUT2D eigenvalue weighted by molar-refractivity contribution is -0.121. The molecule has 4 heteroatoms. The van der Waals surface area contributed by atoms with Crippen LogP contribution in [0.2, 0.25) is 5.02 Å². The largest absolute Gasteiger partial charge is 0.325 e. The van der Waals surface area contributed by atoms with Crippen LogP contribution < -0.4 is 10.6 Å². The molecule has 1 spiro atoms. The molecular weight excluding hydrogens is 224 g/mol. The van der Waals surface area contributed by atoms with E-state index in [4.69, 9.17) is 11.6 Å². The van der Waals surface area contributed by atoms with Gasteiger partial charge in [-0.25, -0.2) is 0 Å². The van der Waals surface area contributed by atoms with Gasteiger partial charge in [0.25, 0.3) is 0 Å². The van der Waals surface area contributed by atoms with E-state index in [1.54, 1.807) is 0 Å². The number of carbonyl (C=O) groups is 1. The first-order valence-electron chi connectivity index (χ1n) is 5.55. The Morgan fingerprint density at radius 2 is 2.00 bits per heavy atom. The Labute approximate surface area is 99.2 Å². The van der Waals surface area contributed by atoms with Crippen LogP contribution in [0, 0.1) is 0 Å². The summed E-state index contributed by atoms with van der Waals surface area (Å²) >= 11 is 6.02. The van der Waals surface area contributed by atoms with Gasteiger partial charge in [0.1, 0.15) is 0 Å². The first kappa shape index (κ1) is 10.1. The maximum Gasteiger partial charge on any atom is 0.235 e. The molecule has 1 aromatic rings. The van der Waals surface area contributed by atoms with Gasteiger partial charge in [0.15, 0.2) is 0 Å². The minimum absolute atomic E-state index is 0.131. The molecule has 2 heterocycles. The summed E-state index contributed by atoms with van der Waals surface area (Å²) in [7, 11) is 0. The highest BCUT2D eigenvalue weighted by molar-refractivity contribution is 6.31. The van der Waals surface area contributed by atoms with Gasteiger partial charge in [-0.1, -0.05) is 11.6 Å². The van der Waals surface area contributed by atoms with Crippen LogP contribution >= 0.6 is 11.6 Å². The molecule has 0 atom stereocenters. The Morgan fingerprint density at radius 3 is 2.75 bits per heavy atom. The number of rotatable bonds is 0. The van der Waals surface area contributed by atoms with Gasteiger partial charge < -0.3 is 10.6 Å². The second kappa shape index (κ2) is 3.47. The molecule has 1 amide bonds. The number of carbonyl (C=O) groups excluding carboxylic acids is 1. The summed E-state index contributed by atoms with van der Waals surface area (Å²) in [4.78, 5) is 12.1. The molecule has 1 fully saturated rings. The van der Waals surface area contributed by atoms with Crippen molar-refractivity contribution in [3.05, 3.63) is 28.8 Å². The van der Waals surface area contributed by atoms with Gasteiger partial charge in [-0.05, 0) is 49.7 Å².